The van der Waals surface area contributed by atoms with Gasteiger partial charge in [0.15, 0.2) is 0 Å². The van der Waals surface area contributed by atoms with Crippen molar-refractivity contribution >= 4 is 0 Å². The molecule has 0 aliphatic rings. The molecule has 0 radical (unpaired) electrons. The first-order valence-electron chi connectivity index (χ1n) is 5.83. The molecule has 0 aliphatic heterocycles. The third kappa shape index (κ3) is 75.7. The van der Waals surface area contributed by atoms with Gasteiger partial charge in [-0.2, -0.15) is 0 Å². The van der Waals surface area contributed by atoms with E-state index in [1.807, 2.05) is 13.8 Å². The zero-order chi connectivity index (χ0) is 10.2. The number of rotatable bonds is 4. The molecule has 0 aliphatic carbocycles. The summed E-state index contributed by atoms with van der Waals surface area (Å²) in [6, 6.07) is 0. The minimum atomic E-state index is 0. The second-order valence-corrected chi connectivity index (χ2v) is 2.77. The van der Waals surface area contributed by atoms with E-state index in [-0.39, 0.29) is 6.15 Å². The zero-order valence-electron chi connectivity index (χ0n) is 10.9. The largest absolute Gasteiger partial charge is 0.344 e. The first kappa shape index (κ1) is 23.1. The molecule has 0 rings (SSSR count). The van der Waals surface area contributed by atoms with Crippen molar-refractivity contribution < 1.29 is 0 Å². The van der Waals surface area contributed by atoms with E-state index in [1.165, 1.54) is 38.5 Å². The Morgan fingerprint density at radius 3 is 1.00 bits per heavy atom. The molecule has 1 nitrogen and oxygen atoms in total. The molecule has 0 saturated heterocycles. The molecule has 0 aromatic carbocycles. The van der Waals surface area contributed by atoms with Crippen LogP contribution < -0.4 is 6.15 Å². The highest BCUT2D eigenvalue weighted by Crippen LogP contribution is 2.00. The topological polar surface area (TPSA) is 35.0 Å². The van der Waals surface area contributed by atoms with Gasteiger partial charge in [0.05, 0.1) is 0 Å². The summed E-state index contributed by atoms with van der Waals surface area (Å²) < 4.78 is 0. The van der Waals surface area contributed by atoms with Crippen LogP contribution in [0.5, 0.6) is 0 Å². The Bertz CT molecular complexity index is 32.1. The molecule has 86 valence electrons. The van der Waals surface area contributed by atoms with Crippen LogP contribution in [0.25, 0.3) is 0 Å². The van der Waals surface area contributed by atoms with Gasteiger partial charge < -0.3 is 6.15 Å². The maximum atomic E-state index is 2.25. The highest BCUT2D eigenvalue weighted by Gasteiger charge is 1.80. The number of unbranched alkanes of at least 4 members (excludes halogenated alkanes) is 4. The summed E-state index contributed by atoms with van der Waals surface area (Å²) in [6.45, 7) is 12.7. The molecule has 13 heavy (non-hydrogen) atoms. The predicted octanol–water partition coefficient (Wildman–Crippen LogP) is 5.58. The Kier molecular flexibility index (Phi) is 71.8. The Hall–Kier alpha value is -0.0400. The summed E-state index contributed by atoms with van der Waals surface area (Å²) in [6.07, 6.45) is 8.26. The monoisotopic (exact) mass is 191 g/mol. The van der Waals surface area contributed by atoms with Crippen LogP contribution in [0.1, 0.15) is 80.1 Å². The maximum Gasteiger partial charge on any atom is -0.0533 e. The van der Waals surface area contributed by atoms with Gasteiger partial charge in [-0.05, 0) is 0 Å². The van der Waals surface area contributed by atoms with Crippen LogP contribution >= 0.6 is 0 Å². The molecule has 0 atom stereocenters. The zero-order valence-corrected chi connectivity index (χ0v) is 10.9. The molecule has 0 aromatic heterocycles. The summed E-state index contributed by atoms with van der Waals surface area (Å²) in [7, 11) is 0. The van der Waals surface area contributed by atoms with Gasteiger partial charge >= 0.3 is 0 Å². The van der Waals surface area contributed by atoms with E-state index in [0.29, 0.717) is 0 Å². The van der Waals surface area contributed by atoms with E-state index >= 15 is 0 Å². The van der Waals surface area contributed by atoms with Crippen molar-refractivity contribution in [1.82, 2.24) is 6.15 Å². The molecular formula is C12H33N. The minimum Gasteiger partial charge on any atom is -0.344 e. The SMILES string of the molecule is CC.CCC.CCCCCCC.N. The van der Waals surface area contributed by atoms with Gasteiger partial charge in [0.2, 0.25) is 0 Å². The van der Waals surface area contributed by atoms with Crippen molar-refractivity contribution in [1.29, 1.82) is 0 Å². The Balaban J connectivity index is -0.0000000581. The molecule has 0 bridgehead atoms. The molecule has 0 amide bonds. The van der Waals surface area contributed by atoms with Gasteiger partial charge in [-0.25, -0.2) is 0 Å². The van der Waals surface area contributed by atoms with Gasteiger partial charge in [0.25, 0.3) is 0 Å². The van der Waals surface area contributed by atoms with Crippen LogP contribution in [-0.2, 0) is 0 Å². The Morgan fingerprint density at radius 1 is 0.615 bits per heavy atom. The van der Waals surface area contributed by atoms with Crippen molar-refractivity contribution in [3.05, 3.63) is 0 Å². The van der Waals surface area contributed by atoms with Crippen LogP contribution in [0.2, 0.25) is 0 Å². The lowest BCUT2D eigenvalue weighted by Crippen LogP contribution is -1.70. The van der Waals surface area contributed by atoms with Crippen molar-refractivity contribution in [2.24, 2.45) is 0 Å². The van der Waals surface area contributed by atoms with E-state index in [4.69, 9.17) is 0 Å². The van der Waals surface area contributed by atoms with E-state index in [0.717, 1.165) is 0 Å². The second kappa shape index (κ2) is 40.4. The predicted molar refractivity (Wildman–Crippen MR) is 66.8 cm³/mol. The average Bonchev–Trinajstić information content (AvgIpc) is 2.11. The highest BCUT2D eigenvalue weighted by atomic mass is 14.0. The van der Waals surface area contributed by atoms with Gasteiger partial charge in [-0.15, -0.1) is 0 Å². The van der Waals surface area contributed by atoms with E-state index < -0.39 is 0 Å². The van der Waals surface area contributed by atoms with Gasteiger partial charge in [0, 0.05) is 0 Å². The summed E-state index contributed by atoms with van der Waals surface area (Å²) in [5, 5.41) is 0. The maximum absolute atomic E-state index is 2.25. The summed E-state index contributed by atoms with van der Waals surface area (Å²) in [4.78, 5) is 0. The van der Waals surface area contributed by atoms with Crippen molar-refractivity contribution in [2.75, 3.05) is 0 Å². The van der Waals surface area contributed by atoms with Crippen molar-refractivity contribution in [3.63, 3.8) is 0 Å². The molecule has 0 aromatic rings. The number of hydrogen-bond donors (Lipinski definition) is 1. The first-order chi connectivity index (χ1) is 5.83. The summed E-state index contributed by atoms with van der Waals surface area (Å²) >= 11 is 0. The quantitative estimate of drug-likeness (QED) is 0.578. The molecule has 0 saturated carbocycles. The fourth-order valence-electron chi connectivity index (χ4n) is 0.677. The van der Waals surface area contributed by atoms with Crippen molar-refractivity contribution in [2.45, 2.75) is 80.1 Å². The first-order valence-corrected chi connectivity index (χ1v) is 5.83. The third-order valence-corrected chi connectivity index (χ3v) is 1.21. The van der Waals surface area contributed by atoms with Crippen LogP contribution in [-0.4, -0.2) is 0 Å². The van der Waals surface area contributed by atoms with Crippen LogP contribution in [0, 0.1) is 0 Å². The van der Waals surface area contributed by atoms with Gasteiger partial charge in [-0.3, -0.25) is 0 Å². The minimum absolute atomic E-state index is 0. The lowest BCUT2D eigenvalue weighted by atomic mass is 10.2. The fraction of sp³-hybridized carbons (Fsp3) is 1.00. The third-order valence-electron chi connectivity index (χ3n) is 1.21. The molecule has 1 heteroatoms. The summed E-state index contributed by atoms with van der Waals surface area (Å²) in [5.74, 6) is 0. The normalized spacial score (nSPS) is 6.92. The van der Waals surface area contributed by atoms with E-state index in [2.05, 4.69) is 27.7 Å². The number of hydrogen-bond acceptors (Lipinski definition) is 1. The van der Waals surface area contributed by atoms with Crippen LogP contribution in [0.3, 0.4) is 0 Å². The highest BCUT2D eigenvalue weighted by molar-refractivity contribution is 4.35. The van der Waals surface area contributed by atoms with Crippen molar-refractivity contribution in [3.8, 4) is 0 Å². The van der Waals surface area contributed by atoms with Crippen LogP contribution in [0.4, 0.5) is 0 Å². The standard InChI is InChI=1S/C7H16.C3H8.C2H6.H3N/c1-3-5-7-6-4-2;1-3-2;1-2;/h3-7H2,1-2H3;3H2,1-2H3;1-2H3;1H3. The Morgan fingerprint density at radius 2 is 0.846 bits per heavy atom. The van der Waals surface area contributed by atoms with E-state index in [9.17, 15) is 0 Å². The molecule has 0 unspecified atom stereocenters. The molecule has 0 fully saturated rings. The summed E-state index contributed by atoms with van der Waals surface area (Å²) in [5.41, 5.74) is 0. The average molecular weight is 191 g/mol. The molecule has 0 heterocycles. The molecule has 0 spiro atoms. The Labute approximate surface area is 86.9 Å². The molecule has 3 N–H and O–H groups in total. The smallest absolute Gasteiger partial charge is 0.0533 e. The fourth-order valence-corrected chi connectivity index (χ4v) is 0.677. The lowest BCUT2D eigenvalue weighted by molar-refractivity contribution is 0.656. The van der Waals surface area contributed by atoms with Gasteiger partial charge in [0.1, 0.15) is 0 Å². The van der Waals surface area contributed by atoms with E-state index in [1.54, 1.807) is 0 Å². The second-order valence-electron chi connectivity index (χ2n) is 2.77. The van der Waals surface area contributed by atoms with Crippen LogP contribution in [0.15, 0.2) is 0 Å². The van der Waals surface area contributed by atoms with Gasteiger partial charge in [-0.1, -0.05) is 80.1 Å². The lowest BCUT2D eigenvalue weighted by Gasteiger charge is -1.90. The molecular weight excluding hydrogens is 158 g/mol.